The summed E-state index contributed by atoms with van der Waals surface area (Å²) >= 11 is 3.45. The first-order chi connectivity index (χ1) is 10.1. The molecule has 21 heavy (non-hydrogen) atoms. The van der Waals surface area contributed by atoms with Crippen LogP contribution in [0.1, 0.15) is 11.1 Å². The molecule has 3 rings (SSSR count). The summed E-state index contributed by atoms with van der Waals surface area (Å²) in [6, 6.07) is 12.2. The van der Waals surface area contributed by atoms with Gasteiger partial charge in [-0.3, -0.25) is 0 Å². The molecule has 0 fully saturated rings. The summed E-state index contributed by atoms with van der Waals surface area (Å²) < 4.78 is 6.85. The maximum absolute atomic E-state index is 6.03. The second-order valence-electron chi connectivity index (χ2n) is 5.38. The third-order valence-corrected chi connectivity index (χ3v) is 4.38. The second kappa shape index (κ2) is 5.98. The molecule has 2 aromatic rings. The van der Waals surface area contributed by atoms with Crippen molar-refractivity contribution in [3.05, 3.63) is 52.0 Å². The van der Waals surface area contributed by atoms with E-state index >= 15 is 0 Å². The molecule has 0 aliphatic carbocycles. The number of rotatable bonds is 4. The lowest BCUT2D eigenvalue weighted by Crippen LogP contribution is -2.26. The van der Waals surface area contributed by atoms with E-state index in [2.05, 4.69) is 39.9 Å². The quantitative estimate of drug-likeness (QED) is 0.856. The first-order valence-electron chi connectivity index (χ1n) is 7.16. The fraction of sp³-hybridized carbons (Fsp3) is 0.294. The minimum atomic E-state index is 0.670. The lowest BCUT2D eigenvalue weighted by molar-refractivity contribution is 0.324. The van der Waals surface area contributed by atoms with Crippen molar-refractivity contribution in [1.82, 2.24) is 0 Å². The highest BCUT2D eigenvalue weighted by Gasteiger charge is 2.19. The number of anilines is 2. The molecular weight excluding hydrogens is 328 g/mol. The molecule has 0 saturated carbocycles. The molecule has 0 amide bonds. The number of nitrogens with zero attached hydrogens (tertiary/aromatic N) is 1. The Balaban J connectivity index is 1.62. The summed E-state index contributed by atoms with van der Waals surface area (Å²) in [5, 5.41) is 0. The van der Waals surface area contributed by atoms with Crippen LogP contribution in [0.5, 0.6) is 5.75 Å². The van der Waals surface area contributed by atoms with E-state index in [0.29, 0.717) is 6.61 Å². The van der Waals surface area contributed by atoms with E-state index in [4.69, 9.17) is 10.5 Å². The Morgan fingerprint density at radius 1 is 1.29 bits per heavy atom. The molecule has 1 aliphatic heterocycles. The summed E-state index contributed by atoms with van der Waals surface area (Å²) in [7, 11) is 0. The molecule has 0 aromatic heterocycles. The molecule has 2 aromatic carbocycles. The van der Waals surface area contributed by atoms with Crippen molar-refractivity contribution < 1.29 is 4.74 Å². The molecule has 0 saturated heterocycles. The molecule has 3 nitrogen and oxygen atoms in total. The van der Waals surface area contributed by atoms with Crippen molar-refractivity contribution in [2.45, 2.75) is 13.3 Å². The van der Waals surface area contributed by atoms with E-state index in [1.807, 2.05) is 24.3 Å². The average molecular weight is 347 g/mol. The van der Waals surface area contributed by atoms with Crippen molar-refractivity contribution in [1.29, 1.82) is 0 Å². The van der Waals surface area contributed by atoms with Crippen LogP contribution in [0.4, 0.5) is 11.4 Å². The summed E-state index contributed by atoms with van der Waals surface area (Å²) in [4.78, 5) is 2.35. The first kappa shape index (κ1) is 14.3. The van der Waals surface area contributed by atoms with Gasteiger partial charge in [-0.25, -0.2) is 0 Å². The standard InChI is InChI=1S/C17H19BrN2O/c1-12-9-13-5-6-20(17(13)11-16(12)19)7-8-21-15-4-2-3-14(18)10-15/h2-4,9-11H,5-8,19H2,1H3. The number of nitrogen functional groups attached to an aromatic ring is 1. The maximum Gasteiger partial charge on any atom is 0.120 e. The number of fused-ring (bicyclic) bond motifs is 1. The minimum absolute atomic E-state index is 0.670. The molecule has 0 spiro atoms. The van der Waals surface area contributed by atoms with Crippen LogP contribution in [-0.4, -0.2) is 19.7 Å². The lowest BCUT2D eigenvalue weighted by atomic mass is 10.1. The van der Waals surface area contributed by atoms with E-state index in [0.717, 1.165) is 35.4 Å². The minimum Gasteiger partial charge on any atom is -0.492 e. The zero-order valence-electron chi connectivity index (χ0n) is 12.1. The van der Waals surface area contributed by atoms with Crippen LogP contribution < -0.4 is 15.4 Å². The molecule has 0 radical (unpaired) electrons. The number of aryl methyl sites for hydroxylation is 1. The van der Waals surface area contributed by atoms with Crippen LogP contribution >= 0.6 is 15.9 Å². The molecular formula is C17H19BrN2O. The van der Waals surface area contributed by atoms with Gasteiger partial charge in [0.05, 0.1) is 6.54 Å². The van der Waals surface area contributed by atoms with E-state index in [-0.39, 0.29) is 0 Å². The molecule has 4 heteroatoms. The molecule has 0 atom stereocenters. The van der Waals surface area contributed by atoms with Crippen LogP contribution in [0.3, 0.4) is 0 Å². The Morgan fingerprint density at radius 2 is 2.14 bits per heavy atom. The van der Waals surface area contributed by atoms with Crippen LogP contribution in [0.2, 0.25) is 0 Å². The van der Waals surface area contributed by atoms with E-state index in [9.17, 15) is 0 Å². The van der Waals surface area contributed by atoms with E-state index < -0.39 is 0 Å². The van der Waals surface area contributed by atoms with Crippen molar-refractivity contribution in [2.24, 2.45) is 0 Å². The van der Waals surface area contributed by atoms with Gasteiger partial charge >= 0.3 is 0 Å². The summed E-state index contributed by atoms with van der Waals surface area (Å²) in [5.41, 5.74) is 10.7. The summed E-state index contributed by atoms with van der Waals surface area (Å²) in [6.45, 7) is 4.65. The molecule has 1 aliphatic rings. The molecule has 0 bridgehead atoms. The normalized spacial score (nSPS) is 13.3. The van der Waals surface area contributed by atoms with Gasteiger partial charge < -0.3 is 15.4 Å². The molecule has 110 valence electrons. The number of ether oxygens (including phenoxy) is 1. The van der Waals surface area contributed by atoms with Gasteiger partial charge in [0.25, 0.3) is 0 Å². The largest absolute Gasteiger partial charge is 0.492 e. The van der Waals surface area contributed by atoms with Gasteiger partial charge in [-0.05, 0) is 48.7 Å². The fourth-order valence-corrected chi connectivity index (χ4v) is 3.08. The van der Waals surface area contributed by atoms with E-state index in [1.54, 1.807) is 0 Å². The Bertz CT molecular complexity index is 657. The first-order valence-corrected chi connectivity index (χ1v) is 7.95. The monoisotopic (exact) mass is 346 g/mol. The number of halogens is 1. The van der Waals surface area contributed by atoms with Gasteiger partial charge in [0.15, 0.2) is 0 Å². The molecule has 2 N–H and O–H groups in total. The Kier molecular flexibility index (Phi) is 4.06. The van der Waals surface area contributed by atoms with Crippen molar-refractivity contribution in [3.8, 4) is 5.75 Å². The zero-order valence-corrected chi connectivity index (χ0v) is 13.7. The number of nitrogens with two attached hydrogens (primary N) is 1. The van der Waals surface area contributed by atoms with Crippen LogP contribution in [0, 0.1) is 6.92 Å². The number of hydrogen-bond acceptors (Lipinski definition) is 3. The van der Waals surface area contributed by atoms with Crippen LogP contribution in [0.15, 0.2) is 40.9 Å². The predicted molar refractivity (Wildman–Crippen MR) is 91.1 cm³/mol. The Labute approximate surface area is 133 Å². The Morgan fingerprint density at radius 3 is 2.95 bits per heavy atom. The van der Waals surface area contributed by atoms with E-state index in [1.165, 1.54) is 16.8 Å². The van der Waals surface area contributed by atoms with Crippen molar-refractivity contribution in [3.63, 3.8) is 0 Å². The van der Waals surface area contributed by atoms with Gasteiger partial charge in [0.2, 0.25) is 0 Å². The SMILES string of the molecule is Cc1cc2c(cc1N)N(CCOc1cccc(Br)c1)CC2. The van der Waals surface area contributed by atoms with Crippen molar-refractivity contribution in [2.75, 3.05) is 30.3 Å². The fourth-order valence-electron chi connectivity index (χ4n) is 2.71. The zero-order chi connectivity index (χ0) is 14.8. The lowest BCUT2D eigenvalue weighted by Gasteiger charge is -2.20. The van der Waals surface area contributed by atoms with Crippen molar-refractivity contribution >= 4 is 27.3 Å². The summed E-state index contributed by atoms with van der Waals surface area (Å²) in [6.07, 6.45) is 1.09. The average Bonchev–Trinajstić information content (AvgIpc) is 2.82. The van der Waals surface area contributed by atoms with Gasteiger partial charge in [-0.2, -0.15) is 0 Å². The molecule has 1 heterocycles. The number of benzene rings is 2. The third kappa shape index (κ3) is 3.16. The topological polar surface area (TPSA) is 38.5 Å². The highest BCUT2D eigenvalue weighted by atomic mass is 79.9. The highest BCUT2D eigenvalue weighted by Crippen LogP contribution is 2.31. The van der Waals surface area contributed by atoms with Gasteiger partial charge in [0, 0.05) is 22.4 Å². The second-order valence-corrected chi connectivity index (χ2v) is 6.30. The van der Waals surface area contributed by atoms with Crippen LogP contribution in [-0.2, 0) is 6.42 Å². The Hall–Kier alpha value is -1.68. The predicted octanol–water partition coefficient (Wildman–Crippen LogP) is 3.78. The van der Waals surface area contributed by atoms with Crippen LogP contribution in [0.25, 0.3) is 0 Å². The smallest absolute Gasteiger partial charge is 0.120 e. The third-order valence-electron chi connectivity index (χ3n) is 3.89. The van der Waals surface area contributed by atoms with Gasteiger partial charge in [-0.15, -0.1) is 0 Å². The number of hydrogen-bond donors (Lipinski definition) is 1. The summed E-state index contributed by atoms with van der Waals surface area (Å²) in [5.74, 6) is 0.896. The highest BCUT2D eigenvalue weighted by molar-refractivity contribution is 9.10. The maximum atomic E-state index is 6.03. The van der Waals surface area contributed by atoms with Gasteiger partial charge in [-0.1, -0.05) is 28.1 Å². The van der Waals surface area contributed by atoms with Gasteiger partial charge in [0.1, 0.15) is 12.4 Å². The molecule has 0 unspecified atom stereocenters.